The topological polar surface area (TPSA) is 94.4 Å². The molecule has 30 heavy (non-hydrogen) atoms. The fourth-order valence-corrected chi connectivity index (χ4v) is 3.85. The first-order valence-electron chi connectivity index (χ1n) is 9.79. The third-order valence-corrected chi connectivity index (χ3v) is 5.50. The standard InChI is InChI=1S/C22H19N7O/c30-18-12-29(13-18)17-3-4-21(24-10-17)26-20-8-16(11-28-6-5-23-22(20)28)14-1-2-15-9-25-27-19(15)7-14/h1-11,18,30H,12-13H2,(H,24,26)(H,25,27). The molecule has 0 atom stereocenters. The molecule has 0 saturated carbocycles. The van der Waals surface area contributed by atoms with Crippen LogP contribution in [0.1, 0.15) is 0 Å². The number of aliphatic hydroxyl groups excluding tert-OH is 1. The Bertz CT molecular complexity index is 1350. The number of β-amino-alcohol motifs (C(OH)–C–C–N with tert-alkyl or cyclic N) is 1. The van der Waals surface area contributed by atoms with Gasteiger partial charge < -0.3 is 19.7 Å². The van der Waals surface area contributed by atoms with Crippen LogP contribution >= 0.6 is 0 Å². The summed E-state index contributed by atoms with van der Waals surface area (Å²) in [5.41, 5.74) is 5.87. The average Bonchev–Trinajstić information content (AvgIpc) is 3.41. The lowest BCUT2D eigenvalue weighted by molar-refractivity contribution is 0.142. The Labute approximate surface area is 171 Å². The maximum atomic E-state index is 9.49. The zero-order valence-electron chi connectivity index (χ0n) is 16.0. The number of nitrogens with zero attached hydrogens (tertiary/aromatic N) is 5. The van der Waals surface area contributed by atoms with Gasteiger partial charge in [-0.1, -0.05) is 12.1 Å². The third kappa shape index (κ3) is 2.85. The number of hydrogen-bond donors (Lipinski definition) is 3. The second-order valence-corrected chi connectivity index (χ2v) is 7.56. The molecular formula is C22H19N7O. The van der Waals surface area contributed by atoms with Crippen molar-refractivity contribution >= 4 is 33.7 Å². The van der Waals surface area contributed by atoms with Crippen LogP contribution in [-0.2, 0) is 0 Å². The molecule has 8 nitrogen and oxygen atoms in total. The summed E-state index contributed by atoms with van der Waals surface area (Å²) in [6, 6.07) is 12.3. The second-order valence-electron chi connectivity index (χ2n) is 7.56. The van der Waals surface area contributed by atoms with Crippen LogP contribution in [0.5, 0.6) is 0 Å². The molecule has 148 valence electrons. The van der Waals surface area contributed by atoms with Gasteiger partial charge in [-0.15, -0.1) is 0 Å². The molecule has 1 aliphatic heterocycles. The van der Waals surface area contributed by atoms with E-state index in [9.17, 15) is 5.11 Å². The predicted octanol–water partition coefficient (Wildman–Crippen LogP) is 3.20. The van der Waals surface area contributed by atoms with E-state index in [4.69, 9.17) is 0 Å². The van der Waals surface area contributed by atoms with Crippen molar-refractivity contribution in [2.45, 2.75) is 6.10 Å². The van der Waals surface area contributed by atoms with Gasteiger partial charge >= 0.3 is 0 Å². The van der Waals surface area contributed by atoms with Crippen LogP contribution in [0.2, 0.25) is 0 Å². The van der Waals surface area contributed by atoms with E-state index in [2.05, 4.69) is 60.8 Å². The first-order valence-corrected chi connectivity index (χ1v) is 9.79. The van der Waals surface area contributed by atoms with Crippen molar-refractivity contribution in [1.82, 2.24) is 24.6 Å². The van der Waals surface area contributed by atoms with Crippen molar-refractivity contribution in [3.05, 3.63) is 67.4 Å². The fourth-order valence-electron chi connectivity index (χ4n) is 3.85. The van der Waals surface area contributed by atoms with Crippen molar-refractivity contribution in [3.8, 4) is 11.1 Å². The van der Waals surface area contributed by atoms with E-state index >= 15 is 0 Å². The Kier molecular flexibility index (Phi) is 3.72. The lowest BCUT2D eigenvalue weighted by atomic mass is 10.1. The molecule has 6 rings (SSSR count). The number of H-pyrrole nitrogens is 1. The van der Waals surface area contributed by atoms with Gasteiger partial charge in [0.05, 0.1) is 35.4 Å². The number of imidazole rings is 1. The summed E-state index contributed by atoms with van der Waals surface area (Å²) in [7, 11) is 0. The van der Waals surface area contributed by atoms with Crippen LogP contribution in [-0.4, -0.2) is 48.9 Å². The zero-order valence-corrected chi connectivity index (χ0v) is 16.0. The SMILES string of the molecule is OC1CN(c2ccc(Nc3cc(-c4ccc5cn[nH]c5c4)cn4ccnc34)nc2)C1. The van der Waals surface area contributed by atoms with Crippen molar-refractivity contribution < 1.29 is 5.11 Å². The largest absolute Gasteiger partial charge is 0.389 e. The van der Waals surface area contributed by atoms with Gasteiger partial charge in [-0.25, -0.2) is 9.97 Å². The summed E-state index contributed by atoms with van der Waals surface area (Å²) in [5.74, 6) is 0.742. The molecule has 1 saturated heterocycles. The Morgan fingerprint density at radius 2 is 1.97 bits per heavy atom. The minimum Gasteiger partial charge on any atom is -0.389 e. The van der Waals surface area contributed by atoms with Gasteiger partial charge in [-0.3, -0.25) is 5.10 Å². The smallest absolute Gasteiger partial charge is 0.160 e. The monoisotopic (exact) mass is 397 g/mol. The summed E-state index contributed by atoms with van der Waals surface area (Å²) in [6.45, 7) is 1.32. The molecule has 4 aromatic heterocycles. The van der Waals surface area contributed by atoms with Crippen molar-refractivity contribution in [3.63, 3.8) is 0 Å². The lowest BCUT2D eigenvalue weighted by Crippen LogP contribution is -2.50. The van der Waals surface area contributed by atoms with Crippen LogP contribution < -0.4 is 10.2 Å². The first kappa shape index (κ1) is 17.0. The van der Waals surface area contributed by atoms with Crippen LogP contribution in [0.3, 0.4) is 0 Å². The molecule has 5 aromatic rings. The summed E-state index contributed by atoms with van der Waals surface area (Å²) < 4.78 is 2.00. The maximum Gasteiger partial charge on any atom is 0.160 e. The normalized spacial score (nSPS) is 14.4. The number of aromatic amines is 1. The molecule has 1 aromatic carbocycles. The number of rotatable bonds is 4. The van der Waals surface area contributed by atoms with Gasteiger partial charge in [0.2, 0.25) is 0 Å². The minimum atomic E-state index is -0.236. The predicted molar refractivity (Wildman–Crippen MR) is 116 cm³/mol. The number of benzene rings is 1. The lowest BCUT2D eigenvalue weighted by Gasteiger charge is -2.37. The molecule has 0 unspecified atom stereocenters. The van der Waals surface area contributed by atoms with E-state index in [0.717, 1.165) is 44.9 Å². The molecule has 5 heterocycles. The Morgan fingerprint density at radius 1 is 1.03 bits per heavy atom. The zero-order chi connectivity index (χ0) is 20.1. The Balaban J connectivity index is 1.35. The number of aromatic nitrogens is 5. The van der Waals surface area contributed by atoms with Crippen LogP contribution in [0.4, 0.5) is 17.2 Å². The molecule has 8 heteroatoms. The van der Waals surface area contributed by atoms with E-state index in [1.807, 2.05) is 35.1 Å². The molecule has 1 fully saturated rings. The van der Waals surface area contributed by atoms with Crippen molar-refractivity contribution in [2.24, 2.45) is 0 Å². The van der Waals surface area contributed by atoms with Gasteiger partial charge in [0, 0.05) is 42.6 Å². The van der Waals surface area contributed by atoms with E-state index in [1.54, 1.807) is 6.20 Å². The molecule has 0 aliphatic carbocycles. The first-order chi connectivity index (χ1) is 14.7. The third-order valence-electron chi connectivity index (χ3n) is 5.50. The number of nitrogens with one attached hydrogen (secondary N) is 2. The number of aliphatic hydroxyl groups is 1. The van der Waals surface area contributed by atoms with Gasteiger partial charge in [0.15, 0.2) is 5.65 Å². The molecule has 0 spiro atoms. The molecule has 1 aliphatic rings. The molecule has 0 amide bonds. The summed E-state index contributed by atoms with van der Waals surface area (Å²) in [4.78, 5) is 11.1. The molecule has 0 bridgehead atoms. The van der Waals surface area contributed by atoms with Crippen LogP contribution in [0.25, 0.3) is 27.7 Å². The number of hydrogen-bond acceptors (Lipinski definition) is 6. The van der Waals surface area contributed by atoms with Gasteiger partial charge in [-0.05, 0) is 29.8 Å². The second kappa shape index (κ2) is 6.57. The van der Waals surface area contributed by atoms with Crippen molar-refractivity contribution in [1.29, 1.82) is 0 Å². The number of anilines is 3. The average molecular weight is 397 g/mol. The summed E-state index contributed by atoms with van der Waals surface area (Å²) in [5, 5.41) is 21.1. The number of pyridine rings is 2. The Morgan fingerprint density at radius 3 is 2.80 bits per heavy atom. The number of fused-ring (bicyclic) bond motifs is 2. The van der Waals surface area contributed by atoms with Gasteiger partial charge in [0.25, 0.3) is 0 Å². The molecule has 0 radical (unpaired) electrons. The summed E-state index contributed by atoms with van der Waals surface area (Å²) in [6.07, 6.45) is 9.20. The van der Waals surface area contributed by atoms with Crippen LogP contribution in [0.15, 0.2) is 67.4 Å². The minimum absolute atomic E-state index is 0.236. The summed E-state index contributed by atoms with van der Waals surface area (Å²) >= 11 is 0. The van der Waals surface area contributed by atoms with Crippen molar-refractivity contribution in [2.75, 3.05) is 23.3 Å². The van der Waals surface area contributed by atoms with Crippen LogP contribution in [0, 0.1) is 0 Å². The highest BCUT2D eigenvalue weighted by Crippen LogP contribution is 2.30. The highest BCUT2D eigenvalue weighted by molar-refractivity contribution is 5.86. The van der Waals surface area contributed by atoms with Gasteiger partial charge in [0.1, 0.15) is 5.82 Å². The molecule has 3 N–H and O–H groups in total. The fraction of sp³-hybridized carbons (Fsp3) is 0.136. The highest BCUT2D eigenvalue weighted by Gasteiger charge is 2.24. The van der Waals surface area contributed by atoms with E-state index < -0.39 is 0 Å². The van der Waals surface area contributed by atoms with E-state index in [1.165, 1.54) is 0 Å². The quantitative estimate of drug-likeness (QED) is 0.431. The van der Waals surface area contributed by atoms with E-state index in [-0.39, 0.29) is 6.10 Å². The molecular weight excluding hydrogens is 378 g/mol. The highest BCUT2D eigenvalue weighted by atomic mass is 16.3. The van der Waals surface area contributed by atoms with E-state index in [0.29, 0.717) is 13.1 Å². The Hall–Kier alpha value is -3.91. The maximum absolute atomic E-state index is 9.49. The van der Waals surface area contributed by atoms with Gasteiger partial charge in [-0.2, -0.15) is 5.10 Å².